The molecule has 5 nitrogen and oxygen atoms in total. The first kappa shape index (κ1) is 12.5. The number of aromatic carboxylic acids is 1. The maximum Gasteiger partial charge on any atom is 0.337 e. The molecule has 0 amide bonds. The van der Waals surface area contributed by atoms with Crippen molar-refractivity contribution in [2.24, 2.45) is 0 Å². The Balaban J connectivity index is 2.01. The molecule has 3 rings (SSSR count). The molecule has 0 aliphatic heterocycles. The van der Waals surface area contributed by atoms with E-state index in [0.29, 0.717) is 17.1 Å². The van der Waals surface area contributed by atoms with Gasteiger partial charge in [-0.05, 0) is 30.3 Å². The molecule has 0 fully saturated rings. The lowest BCUT2D eigenvalue weighted by Crippen LogP contribution is -2.00. The standard InChI is InChI=1S/C14H9ClN2O3/c15-11-2-1-8(7-10(11)14(18)19)17-13-9-4-6-20-12(9)3-5-16-13/h1-7H,(H,16,17)(H,18,19). The van der Waals surface area contributed by atoms with E-state index in [-0.39, 0.29) is 10.6 Å². The first-order valence-electron chi connectivity index (χ1n) is 5.77. The van der Waals surface area contributed by atoms with Crippen LogP contribution in [0.5, 0.6) is 0 Å². The SMILES string of the molecule is O=C(O)c1cc(Nc2nccc3occc23)ccc1Cl. The van der Waals surface area contributed by atoms with E-state index in [1.165, 1.54) is 12.1 Å². The predicted molar refractivity (Wildman–Crippen MR) is 75.7 cm³/mol. The lowest BCUT2D eigenvalue weighted by molar-refractivity contribution is 0.0697. The maximum atomic E-state index is 11.1. The normalized spacial score (nSPS) is 10.7. The van der Waals surface area contributed by atoms with E-state index in [9.17, 15) is 4.79 Å². The third kappa shape index (κ3) is 2.19. The Labute approximate surface area is 118 Å². The predicted octanol–water partition coefficient (Wildman–Crippen LogP) is 3.92. The minimum Gasteiger partial charge on any atom is -0.478 e. The number of hydrogen-bond acceptors (Lipinski definition) is 4. The van der Waals surface area contributed by atoms with E-state index in [2.05, 4.69) is 10.3 Å². The highest BCUT2D eigenvalue weighted by Crippen LogP contribution is 2.27. The van der Waals surface area contributed by atoms with Crippen molar-refractivity contribution in [2.45, 2.75) is 0 Å². The third-order valence-electron chi connectivity index (χ3n) is 2.84. The maximum absolute atomic E-state index is 11.1. The summed E-state index contributed by atoms with van der Waals surface area (Å²) in [7, 11) is 0. The van der Waals surface area contributed by atoms with Gasteiger partial charge >= 0.3 is 5.97 Å². The molecule has 0 aliphatic rings. The van der Waals surface area contributed by atoms with Gasteiger partial charge < -0.3 is 14.8 Å². The van der Waals surface area contributed by atoms with Crippen LogP contribution in [0.3, 0.4) is 0 Å². The largest absolute Gasteiger partial charge is 0.478 e. The van der Waals surface area contributed by atoms with Crippen molar-refractivity contribution in [2.75, 3.05) is 5.32 Å². The molecule has 0 saturated heterocycles. The van der Waals surface area contributed by atoms with Crippen LogP contribution in [-0.4, -0.2) is 16.1 Å². The number of nitrogens with zero attached hydrogens (tertiary/aromatic N) is 1. The number of pyridine rings is 1. The van der Waals surface area contributed by atoms with E-state index >= 15 is 0 Å². The third-order valence-corrected chi connectivity index (χ3v) is 3.17. The average molecular weight is 289 g/mol. The molecule has 0 aliphatic carbocycles. The summed E-state index contributed by atoms with van der Waals surface area (Å²) in [4.78, 5) is 15.3. The van der Waals surface area contributed by atoms with Crippen molar-refractivity contribution in [3.8, 4) is 0 Å². The first-order valence-corrected chi connectivity index (χ1v) is 6.15. The van der Waals surface area contributed by atoms with Crippen LogP contribution in [0.1, 0.15) is 10.4 Å². The number of hydrogen-bond donors (Lipinski definition) is 2. The van der Waals surface area contributed by atoms with E-state index in [4.69, 9.17) is 21.1 Å². The van der Waals surface area contributed by atoms with Gasteiger partial charge in [0, 0.05) is 11.9 Å². The highest BCUT2D eigenvalue weighted by Gasteiger charge is 2.11. The van der Waals surface area contributed by atoms with Crippen molar-refractivity contribution in [3.63, 3.8) is 0 Å². The zero-order valence-corrected chi connectivity index (χ0v) is 10.9. The fourth-order valence-corrected chi connectivity index (χ4v) is 2.10. The summed E-state index contributed by atoms with van der Waals surface area (Å²) >= 11 is 5.83. The lowest BCUT2D eigenvalue weighted by atomic mass is 10.2. The smallest absolute Gasteiger partial charge is 0.337 e. The molecule has 0 radical (unpaired) electrons. The van der Waals surface area contributed by atoms with Crippen molar-refractivity contribution < 1.29 is 14.3 Å². The Hall–Kier alpha value is -2.53. The number of furan rings is 1. The highest BCUT2D eigenvalue weighted by molar-refractivity contribution is 6.33. The number of nitrogens with one attached hydrogen (secondary N) is 1. The molecule has 0 bridgehead atoms. The van der Waals surface area contributed by atoms with Gasteiger partial charge in [-0.15, -0.1) is 0 Å². The number of aromatic nitrogens is 1. The summed E-state index contributed by atoms with van der Waals surface area (Å²) in [6.45, 7) is 0. The van der Waals surface area contributed by atoms with Gasteiger partial charge in [-0.3, -0.25) is 0 Å². The van der Waals surface area contributed by atoms with Crippen LogP contribution in [0.15, 0.2) is 47.2 Å². The number of fused-ring (bicyclic) bond motifs is 1. The molecule has 2 aromatic heterocycles. The molecule has 1 aromatic carbocycles. The van der Waals surface area contributed by atoms with Crippen LogP contribution >= 0.6 is 11.6 Å². The number of rotatable bonds is 3. The summed E-state index contributed by atoms with van der Waals surface area (Å²) in [6, 6.07) is 8.23. The number of carbonyl (C=O) groups is 1. The second-order valence-corrected chi connectivity index (χ2v) is 4.52. The minimum absolute atomic E-state index is 0.0380. The molecular formula is C14H9ClN2O3. The zero-order chi connectivity index (χ0) is 14.1. The molecule has 2 heterocycles. The first-order chi connectivity index (χ1) is 9.65. The van der Waals surface area contributed by atoms with Crippen LogP contribution in [0, 0.1) is 0 Å². The van der Waals surface area contributed by atoms with E-state index in [1.807, 2.05) is 0 Å². The minimum atomic E-state index is -1.08. The molecule has 2 N–H and O–H groups in total. The Morgan fingerprint density at radius 3 is 2.95 bits per heavy atom. The van der Waals surface area contributed by atoms with Gasteiger partial charge in [-0.25, -0.2) is 9.78 Å². The van der Waals surface area contributed by atoms with Crippen molar-refractivity contribution in [1.82, 2.24) is 4.98 Å². The fraction of sp³-hybridized carbons (Fsp3) is 0. The number of halogens is 1. The van der Waals surface area contributed by atoms with E-state index < -0.39 is 5.97 Å². The second kappa shape index (κ2) is 4.86. The van der Waals surface area contributed by atoms with Gasteiger partial charge in [-0.2, -0.15) is 0 Å². The van der Waals surface area contributed by atoms with Crippen molar-refractivity contribution in [1.29, 1.82) is 0 Å². The molecule has 20 heavy (non-hydrogen) atoms. The monoisotopic (exact) mass is 288 g/mol. The van der Waals surface area contributed by atoms with Crippen LogP contribution in [0.2, 0.25) is 5.02 Å². The number of benzene rings is 1. The average Bonchev–Trinajstić information content (AvgIpc) is 2.90. The van der Waals surface area contributed by atoms with Crippen LogP contribution in [0.25, 0.3) is 11.0 Å². The zero-order valence-electron chi connectivity index (χ0n) is 10.1. The van der Waals surface area contributed by atoms with Gasteiger partial charge in [0.05, 0.1) is 22.2 Å². The Kier molecular flexibility index (Phi) is 3.04. The van der Waals surface area contributed by atoms with Gasteiger partial charge in [0.25, 0.3) is 0 Å². The molecular weight excluding hydrogens is 280 g/mol. The van der Waals surface area contributed by atoms with Gasteiger partial charge in [-0.1, -0.05) is 11.6 Å². The number of carboxylic acids is 1. The Morgan fingerprint density at radius 1 is 1.30 bits per heavy atom. The van der Waals surface area contributed by atoms with Gasteiger partial charge in [0.1, 0.15) is 11.4 Å². The summed E-state index contributed by atoms with van der Waals surface area (Å²) in [5.74, 6) is -0.483. The molecule has 3 aromatic rings. The fourth-order valence-electron chi connectivity index (χ4n) is 1.90. The van der Waals surface area contributed by atoms with Gasteiger partial charge in [0.15, 0.2) is 0 Å². The second-order valence-electron chi connectivity index (χ2n) is 4.12. The summed E-state index contributed by atoms with van der Waals surface area (Å²) in [6.07, 6.45) is 3.18. The summed E-state index contributed by atoms with van der Waals surface area (Å²) in [5, 5.41) is 13.1. The van der Waals surface area contributed by atoms with Crippen LogP contribution < -0.4 is 5.32 Å². The lowest BCUT2D eigenvalue weighted by Gasteiger charge is -2.08. The van der Waals surface area contributed by atoms with Crippen molar-refractivity contribution in [3.05, 3.63) is 53.4 Å². The van der Waals surface area contributed by atoms with Crippen molar-refractivity contribution >= 4 is 40.0 Å². The van der Waals surface area contributed by atoms with E-state index in [0.717, 1.165) is 5.39 Å². The topological polar surface area (TPSA) is 75.4 Å². The molecule has 0 spiro atoms. The number of anilines is 2. The van der Waals surface area contributed by atoms with Gasteiger partial charge in [0.2, 0.25) is 0 Å². The van der Waals surface area contributed by atoms with Crippen LogP contribution in [0.4, 0.5) is 11.5 Å². The molecule has 6 heteroatoms. The molecule has 0 saturated carbocycles. The molecule has 0 unspecified atom stereocenters. The van der Waals surface area contributed by atoms with E-state index in [1.54, 1.807) is 30.7 Å². The Morgan fingerprint density at radius 2 is 2.15 bits per heavy atom. The molecule has 0 atom stereocenters. The summed E-state index contributed by atoms with van der Waals surface area (Å²) in [5.41, 5.74) is 1.33. The van der Waals surface area contributed by atoms with Crippen LogP contribution in [-0.2, 0) is 0 Å². The highest BCUT2D eigenvalue weighted by atomic mass is 35.5. The number of carboxylic acid groups (broad SMARTS) is 1. The summed E-state index contributed by atoms with van der Waals surface area (Å²) < 4.78 is 5.28. The Bertz CT molecular complexity index is 798. The quantitative estimate of drug-likeness (QED) is 0.764. The molecule has 100 valence electrons.